The van der Waals surface area contributed by atoms with Crippen LogP contribution in [0.3, 0.4) is 0 Å². The zero-order valence-corrected chi connectivity index (χ0v) is 16.4. The Labute approximate surface area is 170 Å². The van der Waals surface area contributed by atoms with E-state index in [1.165, 1.54) is 17.8 Å². The van der Waals surface area contributed by atoms with Gasteiger partial charge in [-0.05, 0) is 43.2 Å². The fourth-order valence-corrected chi connectivity index (χ4v) is 3.58. The molecule has 28 heavy (non-hydrogen) atoms. The van der Waals surface area contributed by atoms with E-state index in [0.717, 1.165) is 18.4 Å². The number of nitrogens with zero attached hydrogens (tertiary/aromatic N) is 3. The molecular weight excluding hydrogens is 401 g/mol. The van der Waals surface area contributed by atoms with Crippen LogP contribution in [-0.4, -0.2) is 32.8 Å². The number of rotatable bonds is 7. The molecule has 1 amide bonds. The molecule has 3 aromatic rings. The summed E-state index contributed by atoms with van der Waals surface area (Å²) in [4.78, 5) is 14.4. The number of thioether (sulfide) groups is 1. The summed E-state index contributed by atoms with van der Waals surface area (Å²) in [5, 5.41) is 8.94. The Morgan fingerprint density at radius 1 is 1.18 bits per heavy atom. The molecule has 0 unspecified atom stereocenters. The molecule has 5 nitrogen and oxygen atoms in total. The van der Waals surface area contributed by atoms with Crippen LogP contribution < -0.4 is 0 Å². The highest BCUT2D eigenvalue weighted by Crippen LogP contribution is 2.30. The summed E-state index contributed by atoms with van der Waals surface area (Å²) in [5.74, 6) is 0.171. The van der Waals surface area contributed by atoms with Crippen molar-refractivity contribution in [3.05, 3.63) is 64.9 Å². The molecule has 1 aliphatic rings. The Morgan fingerprint density at radius 2 is 1.93 bits per heavy atom. The van der Waals surface area contributed by atoms with Gasteiger partial charge in [0.15, 0.2) is 0 Å². The lowest BCUT2D eigenvalue weighted by molar-refractivity contribution is -0.129. The van der Waals surface area contributed by atoms with E-state index in [1.54, 1.807) is 47.4 Å². The van der Waals surface area contributed by atoms with Gasteiger partial charge < -0.3 is 9.32 Å². The number of hydrogen-bond donors (Lipinski definition) is 0. The van der Waals surface area contributed by atoms with E-state index >= 15 is 0 Å². The van der Waals surface area contributed by atoms with Crippen molar-refractivity contribution < 1.29 is 13.6 Å². The molecule has 1 fully saturated rings. The molecule has 0 saturated heterocycles. The largest absolute Gasteiger partial charge is 0.411 e. The van der Waals surface area contributed by atoms with Gasteiger partial charge in [0.1, 0.15) is 5.82 Å². The normalized spacial score (nSPS) is 13.5. The number of aromatic nitrogens is 2. The summed E-state index contributed by atoms with van der Waals surface area (Å²) in [7, 11) is 0. The maximum atomic E-state index is 14.0. The molecule has 144 valence electrons. The first-order valence-corrected chi connectivity index (χ1v) is 10.2. The van der Waals surface area contributed by atoms with Crippen LogP contribution in [0, 0.1) is 5.82 Å². The first kappa shape index (κ1) is 19.0. The zero-order valence-electron chi connectivity index (χ0n) is 14.8. The Bertz CT molecular complexity index is 976. The summed E-state index contributed by atoms with van der Waals surface area (Å²) in [6.07, 6.45) is 1.90. The monoisotopic (exact) mass is 417 g/mol. The molecule has 1 aromatic heterocycles. The molecule has 0 radical (unpaired) electrons. The number of amides is 1. The van der Waals surface area contributed by atoms with Gasteiger partial charge >= 0.3 is 0 Å². The minimum absolute atomic E-state index is 0.0676. The summed E-state index contributed by atoms with van der Waals surface area (Å²) in [5.41, 5.74) is 1.28. The third kappa shape index (κ3) is 4.54. The van der Waals surface area contributed by atoms with Gasteiger partial charge in [-0.3, -0.25) is 4.79 Å². The quantitative estimate of drug-likeness (QED) is 0.516. The van der Waals surface area contributed by atoms with Crippen LogP contribution in [0.4, 0.5) is 4.39 Å². The number of carbonyl (C=O) groups is 1. The van der Waals surface area contributed by atoms with Gasteiger partial charge in [0.2, 0.25) is 11.8 Å². The van der Waals surface area contributed by atoms with Crippen molar-refractivity contribution in [1.82, 2.24) is 15.1 Å². The predicted molar refractivity (Wildman–Crippen MR) is 105 cm³/mol. The van der Waals surface area contributed by atoms with E-state index in [0.29, 0.717) is 21.7 Å². The van der Waals surface area contributed by atoms with Crippen molar-refractivity contribution in [1.29, 1.82) is 0 Å². The second-order valence-electron chi connectivity index (χ2n) is 6.51. The molecule has 1 aliphatic carbocycles. The van der Waals surface area contributed by atoms with Crippen LogP contribution in [0.2, 0.25) is 5.02 Å². The second-order valence-corrected chi connectivity index (χ2v) is 7.88. The first-order chi connectivity index (χ1) is 13.6. The van der Waals surface area contributed by atoms with E-state index in [1.807, 2.05) is 0 Å². The summed E-state index contributed by atoms with van der Waals surface area (Å²) < 4.78 is 19.6. The minimum atomic E-state index is -0.293. The van der Waals surface area contributed by atoms with E-state index < -0.39 is 0 Å². The van der Waals surface area contributed by atoms with E-state index in [-0.39, 0.29) is 30.1 Å². The number of benzene rings is 2. The zero-order chi connectivity index (χ0) is 19.5. The first-order valence-electron chi connectivity index (χ1n) is 8.85. The molecule has 2 aromatic carbocycles. The van der Waals surface area contributed by atoms with Crippen LogP contribution in [0.15, 0.2) is 58.2 Å². The van der Waals surface area contributed by atoms with Gasteiger partial charge in [-0.25, -0.2) is 4.39 Å². The third-order valence-electron chi connectivity index (χ3n) is 4.42. The van der Waals surface area contributed by atoms with E-state index in [4.69, 9.17) is 16.0 Å². The molecule has 4 rings (SSSR count). The van der Waals surface area contributed by atoms with Crippen molar-refractivity contribution in [2.24, 2.45) is 0 Å². The van der Waals surface area contributed by atoms with Gasteiger partial charge in [-0.15, -0.1) is 10.2 Å². The van der Waals surface area contributed by atoms with E-state index in [9.17, 15) is 9.18 Å². The molecular formula is C20H17ClFN3O2S. The lowest BCUT2D eigenvalue weighted by Gasteiger charge is -2.22. The van der Waals surface area contributed by atoms with E-state index in [2.05, 4.69) is 10.2 Å². The average Bonchev–Trinajstić information content (AvgIpc) is 3.43. The molecule has 1 heterocycles. The third-order valence-corrected chi connectivity index (χ3v) is 5.48. The van der Waals surface area contributed by atoms with Crippen LogP contribution in [0.5, 0.6) is 0 Å². The molecule has 0 spiro atoms. The SMILES string of the molecule is O=C(CSc1nnc(-c2ccc(Cl)cc2)o1)N(Cc1ccccc1F)C1CC1. The van der Waals surface area contributed by atoms with Gasteiger partial charge in [0.05, 0.1) is 5.75 Å². The number of carbonyl (C=O) groups excluding carboxylic acids is 1. The van der Waals surface area contributed by atoms with Crippen molar-refractivity contribution in [3.63, 3.8) is 0 Å². The van der Waals surface area contributed by atoms with Crippen molar-refractivity contribution in [2.75, 3.05) is 5.75 Å². The molecule has 0 bridgehead atoms. The summed E-state index contributed by atoms with van der Waals surface area (Å²) >= 11 is 7.06. The Kier molecular flexibility index (Phi) is 5.64. The topological polar surface area (TPSA) is 59.2 Å². The highest BCUT2D eigenvalue weighted by atomic mass is 35.5. The molecule has 8 heteroatoms. The second kappa shape index (κ2) is 8.32. The number of hydrogen-bond acceptors (Lipinski definition) is 5. The van der Waals surface area contributed by atoms with Crippen LogP contribution in [0.25, 0.3) is 11.5 Å². The van der Waals surface area contributed by atoms with Crippen LogP contribution >= 0.6 is 23.4 Å². The average molecular weight is 418 g/mol. The van der Waals surface area contributed by atoms with Gasteiger partial charge in [0, 0.05) is 28.7 Å². The maximum absolute atomic E-state index is 14.0. The molecule has 1 saturated carbocycles. The fraction of sp³-hybridized carbons (Fsp3) is 0.250. The Morgan fingerprint density at radius 3 is 2.64 bits per heavy atom. The fourth-order valence-electron chi connectivity index (χ4n) is 2.80. The summed E-state index contributed by atoms with van der Waals surface area (Å²) in [6.45, 7) is 0.274. The molecule has 0 N–H and O–H groups in total. The molecule has 0 aliphatic heterocycles. The van der Waals surface area contributed by atoms with Gasteiger partial charge in [-0.1, -0.05) is 41.6 Å². The standard InChI is InChI=1S/C20H17ClFN3O2S/c21-15-7-5-13(6-8-15)19-23-24-20(27-19)28-12-18(26)25(16-9-10-16)11-14-3-1-2-4-17(14)22/h1-8,16H,9-12H2. The Hall–Kier alpha value is -2.38. The van der Waals surface area contributed by atoms with Crippen LogP contribution in [-0.2, 0) is 11.3 Å². The van der Waals surface area contributed by atoms with Crippen molar-refractivity contribution >= 4 is 29.3 Å². The minimum Gasteiger partial charge on any atom is -0.411 e. The number of halogens is 2. The summed E-state index contributed by atoms with van der Waals surface area (Å²) in [6, 6.07) is 13.8. The highest BCUT2D eigenvalue weighted by Gasteiger charge is 2.33. The molecule has 0 atom stereocenters. The maximum Gasteiger partial charge on any atom is 0.277 e. The lowest BCUT2D eigenvalue weighted by Crippen LogP contribution is -2.34. The predicted octanol–water partition coefficient (Wildman–Crippen LogP) is 4.81. The highest BCUT2D eigenvalue weighted by molar-refractivity contribution is 7.99. The van der Waals surface area contributed by atoms with Gasteiger partial charge in [0.25, 0.3) is 5.22 Å². The Balaban J connectivity index is 1.39. The van der Waals surface area contributed by atoms with Crippen molar-refractivity contribution in [3.8, 4) is 11.5 Å². The smallest absolute Gasteiger partial charge is 0.277 e. The lowest BCUT2D eigenvalue weighted by atomic mass is 10.2. The van der Waals surface area contributed by atoms with Crippen LogP contribution in [0.1, 0.15) is 18.4 Å². The van der Waals surface area contributed by atoms with Crippen molar-refractivity contribution in [2.45, 2.75) is 30.7 Å². The van der Waals surface area contributed by atoms with Gasteiger partial charge in [-0.2, -0.15) is 0 Å².